The van der Waals surface area contributed by atoms with Gasteiger partial charge in [-0.1, -0.05) is 20.8 Å². The molecule has 2 heterocycles. The third-order valence-electron chi connectivity index (χ3n) is 4.18. The van der Waals surface area contributed by atoms with Gasteiger partial charge in [0.2, 0.25) is 5.91 Å². The van der Waals surface area contributed by atoms with Gasteiger partial charge < -0.3 is 15.0 Å². The molecule has 0 fully saturated rings. The Hall–Kier alpha value is -2.41. The van der Waals surface area contributed by atoms with Crippen LogP contribution in [0.2, 0.25) is 0 Å². The summed E-state index contributed by atoms with van der Waals surface area (Å²) in [6.45, 7) is 6.15. The number of anilines is 2. The summed E-state index contributed by atoms with van der Waals surface area (Å²) in [5.74, 6) is 0.890. The van der Waals surface area contributed by atoms with Crippen molar-refractivity contribution >= 4 is 34.0 Å². The molecule has 0 atom stereocenters. The number of rotatable bonds is 5. The number of thiazole rings is 1. The number of benzene rings is 1. The van der Waals surface area contributed by atoms with Crippen LogP contribution in [0.15, 0.2) is 18.2 Å². The second-order valence-electron chi connectivity index (χ2n) is 6.71. The average molecular weight is 373 g/mol. The number of nitrogens with one attached hydrogen (secondary N) is 1. The molecule has 1 aliphatic heterocycles. The zero-order chi connectivity index (χ0) is 18.8. The molecule has 26 heavy (non-hydrogen) atoms. The maximum atomic E-state index is 12.0. The van der Waals surface area contributed by atoms with E-state index in [1.54, 1.807) is 11.9 Å². The molecule has 0 saturated heterocycles. The molecule has 2 amide bonds. The lowest BCUT2D eigenvalue weighted by atomic mass is 10.1. The van der Waals surface area contributed by atoms with Crippen LogP contribution >= 0.6 is 11.3 Å². The number of amides is 2. The second kappa shape index (κ2) is 7.45. The van der Waals surface area contributed by atoms with E-state index in [1.165, 1.54) is 11.3 Å². The van der Waals surface area contributed by atoms with E-state index in [-0.39, 0.29) is 18.4 Å². The van der Waals surface area contributed by atoms with Gasteiger partial charge in [0, 0.05) is 23.9 Å². The van der Waals surface area contributed by atoms with Crippen molar-refractivity contribution in [1.29, 1.82) is 0 Å². The summed E-state index contributed by atoms with van der Waals surface area (Å²) in [5, 5.41) is 3.51. The van der Waals surface area contributed by atoms with Gasteiger partial charge in [0.1, 0.15) is 5.75 Å². The van der Waals surface area contributed by atoms with Gasteiger partial charge in [-0.05, 0) is 30.5 Å². The van der Waals surface area contributed by atoms with Crippen LogP contribution in [0.1, 0.15) is 32.1 Å². The molecule has 0 unspecified atom stereocenters. The molecular weight excluding hydrogens is 350 g/mol. The molecule has 138 valence electrons. The lowest BCUT2D eigenvalue weighted by Gasteiger charge is -2.26. The summed E-state index contributed by atoms with van der Waals surface area (Å²) in [5.41, 5.74) is 2.48. The molecule has 6 nitrogen and oxygen atoms in total. The van der Waals surface area contributed by atoms with E-state index in [1.807, 2.05) is 32.0 Å². The molecule has 1 aromatic carbocycles. The Balaban J connectivity index is 1.92. The molecule has 3 rings (SSSR count). The van der Waals surface area contributed by atoms with Crippen molar-refractivity contribution in [2.75, 3.05) is 23.9 Å². The van der Waals surface area contributed by atoms with Crippen molar-refractivity contribution < 1.29 is 14.3 Å². The Morgan fingerprint density at radius 2 is 2.19 bits per heavy atom. The van der Waals surface area contributed by atoms with Gasteiger partial charge in [-0.25, -0.2) is 4.98 Å². The third-order valence-corrected chi connectivity index (χ3v) is 5.29. The van der Waals surface area contributed by atoms with Crippen molar-refractivity contribution in [3.63, 3.8) is 0 Å². The molecule has 0 saturated carbocycles. The Morgan fingerprint density at radius 1 is 1.42 bits per heavy atom. The monoisotopic (exact) mass is 373 g/mol. The van der Waals surface area contributed by atoms with Gasteiger partial charge in [0.15, 0.2) is 11.7 Å². The summed E-state index contributed by atoms with van der Waals surface area (Å²) >= 11 is 1.49. The number of hydrogen-bond acceptors (Lipinski definition) is 5. The van der Waals surface area contributed by atoms with Crippen molar-refractivity contribution in [2.45, 2.75) is 33.6 Å². The van der Waals surface area contributed by atoms with Gasteiger partial charge in [0.05, 0.1) is 11.4 Å². The first-order valence-corrected chi connectivity index (χ1v) is 9.54. The first-order valence-electron chi connectivity index (χ1n) is 8.72. The highest BCUT2D eigenvalue weighted by Crippen LogP contribution is 2.38. The van der Waals surface area contributed by atoms with Gasteiger partial charge in [-0.3, -0.25) is 9.59 Å². The van der Waals surface area contributed by atoms with Crippen LogP contribution in [0.5, 0.6) is 5.75 Å². The fourth-order valence-electron chi connectivity index (χ4n) is 2.83. The largest absolute Gasteiger partial charge is 0.482 e. The standard InChI is InChI=1S/C19H23N3O3S/c1-5-15-18(21-19(26-15)20-16(23)8-11(2)3)12-6-7-14-13(9-12)22(4)17(24)10-25-14/h6-7,9,11H,5,8,10H2,1-4H3,(H,20,21,23). The van der Waals surface area contributed by atoms with Gasteiger partial charge in [-0.2, -0.15) is 0 Å². The summed E-state index contributed by atoms with van der Waals surface area (Å²) in [6, 6.07) is 5.72. The van der Waals surface area contributed by atoms with E-state index < -0.39 is 0 Å². The Labute approximate surface area is 157 Å². The van der Waals surface area contributed by atoms with Crippen LogP contribution in [0, 0.1) is 5.92 Å². The van der Waals surface area contributed by atoms with E-state index >= 15 is 0 Å². The molecule has 1 N–H and O–H groups in total. The Kier molecular flexibility index (Phi) is 5.27. The lowest BCUT2D eigenvalue weighted by molar-refractivity contribution is -0.121. The number of carbonyl (C=O) groups is 2. The normalized spacial score (nSPS) is 13.6. The predicted molar refractivity (Wildman–Crippen MR) is 104 cm³/mol. The molecular formula is C19H23N3O3S. The fraction of sp³-hybridized carbons (Fsp3) is 0.421. The number of likely N-dealkylation sites (N-methyl/N-ethyl adjacent to an activating group) is 1. The van der Waals surface area contributed by atoms with E-state index in [0.29, 0.717) is 23.2 Å². The second-order valence-corrected chi connectivity index (χ2v) is 7.80. The number of hydrogen-bond donors (Lipinski definition) is 1. The maximum Gasteiger partial charge on any atom is 0.264 e. The van der Waals surface area contributed by atoms with E-state index in [9.17, 15) is 9.59 Å². The molecule has 0 radical (unpaired) electrons. The minimum atomic E-state index is -0.0784. The molecule has 0 bridgehead atoms. The van der Waals surface area contributed by atoms with Crippen molar-refractivity contribution in [1.82, 2.24) is 4.98 Å². The van der Waals surface area contributed by atoms with Gasteiger partial charge in [-0.15, -0.1) is 11.3 Å². The maximum absolute atomic E-state index is 12.0. The minimum Gasteiger partial charge on any atom is -0.482 e. The average Bonchev–Trinajstić information content (AvgIpc) is 3.00. The number of aromatic nitrogens is 1. The first kappa shape index (κ1) is 18.4. The van der Waals surface area contributed by atoms with Crippen LogP contribution in [-0.2, 0) is 16.0 Å². The number of fused-ring (bicyclic) bond motifs is 1. The van der Waals surface area contributed by atoms with Crippen LogP contribution in [0.25, 0.3) is 11.3 Å². The molecule has 7 heteroatoms. The SMILES string of the molecule is CCc1sc(NC(=O)CC(C)C)nc1-c1ccc2c(c1)N(C)C(=O)CO2. The zero-order valence-electron chi connectivity index (χ0n) is 15.5. The van der Waals surface area contributed by atoms with E-state index in [2.05, 4.69) is 17.2 Å². The van der Waals surface area contributed by atoms with Crippen LogP contribution in [0.4, 0.5) is 10.8 Å². The van der Waals surface area contributed by atoms with Crippen LogP contribution < -0.4 is 15.0 Å². The number of aryl methyl sites for hydroxylation is 1. The van der Waals surface area contributed by atoms with Crippen LogP contribution in [0.3, 0.4) is 0 Å². The van der Waals surface area contributed by atoms with E-state index in [0.717, 1.165) is 28.2 Å². The number of carbonyl (C=O) groups excluding carboxylic acids is 2. The quantitative estimate of drug-likeness (QED) is 0.867. The highest BCUT2D eigenvalue weighted by Gasteiger charge is 2.23. The third kappa shape index (κ3) is 3.72. The van der Waals surface area contributed by atoms with Gasteiger partial charge in [0.25, 0.3) is 5.91 Å². The Morgan fingerprint density at radius 3 is 2.88 bits per heavy atom. The van der Waals surface area contributed by atoms with Crippen LogP contribution in [-0.4, -0.2) is 30.5 Å². The summed E-state index contributed by atoms with van der Waals surface area (Å²) < 4.78 is 5.48. The minimum absolute atomic E-state index is 0.0212. The molecule has 1 aromatic heterocycles. The Bertz CT molecular complexity index is 845. The zero-order valence-corrected chi connectivity index (χ0v) is 16.3. The first-order chi connectivity index (χ1) is 12.4. The molecule has 0 spiro atoms. The van der Waals surface area contributed by atoms with E-state index in [4.69, 9.17) is 4.74 Å². The van der Waals surface area contributed by atoms with Crippen molar-refractivity contribution in [3.8, 4) is 17.0 Å². The highest BCUT2D eigenvalue weighted by atomic mass is 32.1. The summed E-state index contributed by atoms with van der Waals surface area (Å²) in [4.78, 5) is 31.2. The summed E-state index contributed by atoms with van der Waals surface area (Å²) in [6.07, 6.45) is 1.29. The number of nitrogens with zero attached hydrogens (tertiary/aromatic N) is 2. The van der Waals surface area contributed by atoms with Gasteiger partial charge >= 0.3 is 0 Å². The topological polar surface area (TPSA) is 71.5 Å². The van der Waals surface area contributed by atoms with Crippen molar-refractivity contribution in [3.05, 3.63) is 23.1 Å². The fourth-order valence-corrected chi connectivity index (χ4v) is 3.77. The number of ether oxygens (including phenoxy) is 1. The summed E-state index contributed by atoms with van der Waals surface area (Å²) in [7, 11) is 1.74. The highest BCUT2D eigenvalue weighted by molar-refractivity contribution is 7.16. The smallest absolute Gasteiger partial charge is 0.264 e. The molecule has 2 aromatic rings. The molecule has 0 aliphatic carbocycles. The lowest BCUT2D eigenvalue weighted by Crippen LogP contribution is -2.35. The molecule has 1 aliphatic rings. The van der Waals surface area contributed by atoms with Crippen molar-refractivity contribution in [2.24, 2.45) is 5.92 Å². The predicted octanol–water partition coefficient (Wildman–Crippen LogP) is 3.71.